The minimum absolute atomic E-state index is 0.0310. The third-order valence-electron chi connectivity index (χ3n) is 2.02. The van der Waals surface area contributed by atoms with E-state index in [0.29, 0.717) is 29.6 Å². The van der Waals surface area contributed by atoms with Gasteiger partial charge in [0.25, 0.3) is 5.91 Å². The van der Waals surface area contributed by atoms with Crippen molar-refractivity contribution in [3.05, 3.63) is 21.3 Å². The van der Waals surface area contributed by atoms with E-state index in [1.54, 1.807) is 18.1 Å². The van der Waals surface area contributed by atoms with Gasteiger partial charge in [-0.3, -0.25) is 4.79 Å². The molecule has 0 aliphatic rings. The van der Waals surface area contributed by atoms with Crippen molar-refractivity contribution in [1.29, 1.82) is 0 Å². The van der Waals surface area contributed by atoms with Gasteiger partial charge in [0.05, 0.1) is 11.6 Å². The highest BCUT2D eigenvalue weighted by Crippen LogP contribution is 2.23. The second-order valence-corrected chi connectivity index (χ2v) is 5.19. The Hall–Kier alpha value is -0.100. The van der Waals surface area contributed by atoms with Gasteiger partial charge in [-0.25, -0.2) is 0 Å². The molecule has 0 fully saturated rings. The number of carbonyl (C=O) groups is 1. The van der Waals surface area contributed by atoms with Crippen molar-refractivity contribution in [2.75, 3.05) is 32.1 Å². The van der Waals surface area contributed by atoms with Crippen molar-refractivity contribution in [2.45, 2.75) is 0 Å². The van der Waals surface area contributed by atoms with Crippen LogP contribution in [0.25, 0.3) is 0 Å². The van der Waals surface area contributed by atoms with Gasteiger partial charge in [-0.05, 0) is 11.4 Å². The van der Waals surface area contributed by atoms with Gasteiger partial charge < -0.3 is 9.64 Å². The Labute approximate surface area is 112 Å². The highest BCUT2D eigenvalue weighted by molar-refractivity contribution is 9.09. The van der Waals surface area contributed by atoms with Gasteiger partial charge >= 0.3 is 0 Å². The molecule has 0 aliphatic heterocycles. The molecular formula is C10H13BrClNO2S. The number of thiophene rings is 1. The summed E-state index contributed by atoms with van der Waals surface area (Å²) in [7, 11) is 1.62. The molecule has 0 unspecified atom stereocenters. The average molecular weight is 327 g/mol. The molecule has 0 spiro atoms. The van der Waals surface area contributed by atoms with Gasteiger partial charge in [0, 0.05) is 25.5 Å². The van der Waals surface area contributed by atoms with Crippen LogP contribution in [0.15, 0.2) is 11.4 Å². The van der Waals surface area contributed by atoms with E-state index in [0.717, 1.165) is 5.33 Å². The largest absolute Gasteiger partial charge is 0.383 e. The number of carbonyl (C=O) groups excluding carboxylic acids is 1. The Bertz CT molecular complexity index is 345. The quantitative estimate of drug-likeness (QED) is 0.752. The van der Waals surface area contributed by atoms with Crippen LogP contribution in [0.1, 0.15) is 9.67 Å². The third-order valence-corrected chi connectivity index (χ3v) is 3.70. The van der Waals surface area contributed by atoms with E-state index in [4.69, 9.17) is 16.3 Å². The fourth-order valence-corrected chi connectivity index (χ4v) is 2.74. The Morgan fingerprint density at radius 3 is 2.88 bits per heavy atom. The van der Waals surface area contributed by atoms with Gasteiger partial charge in [-0.2, -0.15) is 0 Å². The van der Waals surface area contributed by atoms with Crippen LogP contribution in [0.2, 0.25) is 5.02 Å². The predicted octanol–water partition coefficient (Wildman–Crippen LogP) is 2.89. The number of ether oxygens (including phenoxy) is 1. The number of alkyl halides is 1. The molecule has 1 heterocycles. The first-order valence-corrected chi connectivity index (χ1v) is 7.15. The highest BCUT2D eigenvalue weighted by atomic mass is 79.9. The molecule has 1 aromatic heterocycles. The normalized spacial score (nSPS) is 10.4. The van der Waals surface area contributed by atoms with Gasteiger partial charge in [-0.15, -0.1) is 11.3 Å². The van der Waals surface area contributed by atoms with Crippen LogP contribution in [0, 0.1) is 0 Å². The maximum Gasteiger partial charge on any atom is 0.265 e. The fourth-order valence-electron chi connectivity index (χ4n) is 1.21. The number of hydrogen-bond donors (Lipinski definition) is 0. The standard InChI is InChI=1S/C10H13BrClNO2S/c1-15-6-5-13(4-3-11)10(14)9-8(12)2-7-16-9/h2,7H,3-6H2,1H3. The number of methoxy groups -OCH3 is 1. The number of nitrogens with zero attached hydrogens (tertiary/aromatic N) is 1. The van der Waals surface area contributed by atoms with Crippen LogP contribution in [0.3, 0.4) is 0 Å². The summed E-state index contributed by atoms with van der Waals surface area (Å²) in [6, 6.07) is 1.74. The molecule has 3 nitrogen and oxygen atoms in total. The van der Waals surface area contributed by atoms with Crippen LogP contribution in [-0.4, -0.2) is 42.9 Å². The Morgan fingerprint density at radius 1 is 1.62 bits per heavy atom. The van der Waals surface area contributed by atoms with Crippen LogP contribution < -0.4 is 0 Å². The number of rotatable bonds is 6. The van der Waals surface area contributed by atoms with Crippen molar-refractivity contribution in [1.82, 2.24) is 4.90 Å². The summed E-state index contributed by atoms with van der Waals surface area (Å²) < 4.78 is 4.98. The summed E-state index contributed by atoms with van der Waals surface area (Å²) in [6.45, 7) is 1.76. The zero-order valence-electron chi connectivity index (χ0n) is 8.91. The molecule has 0 aliphatic carbocycles. The lowest BCUT2D eigenvalue weighted by molar-refractivity contribution is 0.0714. The monoisotopic (exact) mass is 325 g/mol. The SMILES string of the molecule is COCCN(CCBr)C(=O)c1sccc1Cl. The first-order chi connectivity index (χ1) is 7.70. The molecule has 0 aromatic carbocycles. The van der Waals surface area contributed by atoms with Crippen molar-refractivity contribution in [3.63, 3.8) is 0 Å². The molecule has 0 saturated carbocycles. The third kappa shape index (κ3) is 3.73. The molecular weight excluding hydrogens is 314 g/mol. The minimum atomic E-state index is -0.0310. The summed E-state index contributed by atoms with van der Waals surface area (Å²) >= 11 is 10.6. The topological polar surface area (TPSA) is 29.5 Å². The molecule has 0 saturated heterocycles. The summed E-state index contributed by atoms with van der Waals surface area (Å²) in [6.07, 6.45) is 0. The van der Waals surface area contributed by atoms with Crippen LogP contribution >= 0.6 is 38.9 Å². The molecule has 0 bridgehead atoms. The number of hydrogen-bond acceptors (Lipinski definition) is 3. The fraction of sp³-hybridized carbons (Fsp3) is 0.500. The van der Waals surface area contributed by atoms with Gasteiger partial charge in [0.2, 0.25) is 0 Å². The summed E-state index contributed by atoms with van der Waals surface area (Å²) in [5.41, 5.74) is 0. The van der Waals surface area contributed by atoms with Crippen LogP contribution in [-0.2, 0) is 4.74 Å². The van der Waals surface area contributed by atoms with Crippen molar-refractivity contribution in [3.8, 4) is 0 Å². The zero-order chi connectivity index (χ0) is 12.0. The second-order valence-electron chi connectivity index (χ2n) is 3.07. The van der Waals surface area contributed by atoms with Gasteiger partial charge in [-0.1, -0.05) is 27.5 Å². The second kappa shape index (κ2) is 7.27. The number of halogens is 2. The summed E-state index contributed by atoms with van der Waals surface area (Å²) in [4.78, 5) is 14.4. The van der Waals surface area contributed by atoms with Crippen molar-refractivity contribution >= 4 is 44.8 Å². The summed E-state index contributed by atoms with van der Waals surface area (Å²) in [5.74, 6) is -0.0310. The molecule has 6 heteroatoms. The zero-order valence-corrected chi connectivity index (χ0v) is 12.1. The summed E-state index contributed by atoms with van der Waals surface area (Å²) in [5, 5.41) is 3.08. The Morgan fingerprint density at radius 2 is 2.38 bits per heavy atom. The maximum absolute atomic E-state index is 12.1. The van der Waals surface area contributed by atoms with Gasteiger partial charge in [0.15, 0.2) is 0 Å². The molecule has 90 valence electrons. The van der Waals surface area contributed by atoms with E-state index in [1.165, 1.54) is 11.3 Å². The molecule has 1 amide bonds. The molecule has 16 heavy (non-hydrogen) atoms. The Kier molecular flexibility index (Phi) is 6.34. The highest BCUT2D eigenvalue weighted by Gasteiger charge is 2.18. The first-order valence-electron chi connectivity index (χ1n) is 4.78. The van der Waals surface area contributed by atoms with E-state index in [1.807, 2.05) is 5.38 Å². The van der Waals surface area contributed by atoms with Crippen molar-refractivity contribution < 1.29 is 9.53 Å². The lowest BCUT2D eigenvalue weighted by Gasteiger charge is -2.20. The number of amides is 1. The van der Waals surface area contributed by atoms with E-state index in [9.17, 15) is 4.79 Å². The molecule has 0 N–H and O–H groups in total. The van der Waals surface area contributed by atoms with E-state index >= 15 is 0 Å². The lowest BCUT2D eigenvalue weighted by atomic mass is 10.4. The minimum Gasteiger partial charge on any atom is -0.383 e. The van der Waals surface area contributed by atoms with E-state index in [-0.39, 0.29) is 5.91 Å². The first kappa shape index (κ1) is 14.0. The average Bonchev–Trinajstić information content (AvgIpc) is 2.69. The molecule has 0 radical (unpaired) electrons. The molecule has 0 atom stereocenters. The molecule has 1 aromatic rings. The van der Waals surface area contributed by atoms with Gasteiger partial charge in [0.1, 0.15) is 4.88 Å². The van der Waals surface area contributed by atoms with Crippen molar-refractivity contribution in [2.24, 2.45) is 0 Å². The Balaban J connectivity index is 2.70. The maximum atomic E-state index is 12.1. The molecule has 1 rings (SSSR count). The smallest absolute Gasteiger partial charge is 0.265 e. The van der Waals surface area contributed by atoms with E-state index in [2.05, 4.69) is 15.9 Å². The lowest BCUT2D eigenvalue weighted by Crippen LogP contribution is -2.35. The van der Waals surface area contributed by atoms with Crippen LogP contribution in [0.4, 0.5) is 0 Å². The predicted molar refractivity (Wildman–Crippen MR) is 70.9 cm³/mol. The van der Waals surface area contributed by atoms with E-state index < -0.39 is 0 Å². The van der Waals surface area contributed by atoms with Crippen LogP contribution in [0.5, 0.6) is 0 Å².